The summed E-state index contributed by atoms with van der Waals surface area (Å²) >= 11 is 18.7. The van der Waals surface area contributed by atoms with E-state index in [-0.39, 0.29) is 10.9 Å². The minimum absolute atomic E-state index is 0.0744. The molecule has 1 aromatic carbocycles. The van der Waals surface area contributed by atoms with Crippen molar-refractivity contribution in [2.45, 2.75) is 13.3 Å². The predicted molar refractivity (Wildman–Crippen MR) is 82.3 cm³/mol. The number of carbonyl (C=O) groups is 1. The predicted octanol–water partition coefficient (Wildman–Crippen LogP) is 3.82. The van der Waals surface area contributed by atoms with Crippen molar-refractivity contribution in [1.29, 1.82) is 0 Å². The average molecular weight is 336 g/mol. The van der Waals surface area contributed by atoms with Gasteiger partial charge in [-0.05, 0) is 12.0 Å². The number of aromatic amines is 1. The SMILES string of the molecule is COc1c(Cl)c(Cl)c2[nH]cc(CCNC(C)=O)c2c1Cl. The Hall–Kier alpha value is -1.10. The lowest BCUT2D eigenvalue weighted by molar-refractivity contribution is -0.118. The third-order valence-corrected chi connectivity index (χ3v) is 4.16. The minimum Gasteiger partial charge on any atom is -0.494 e. The maximum Gasteiger partial charge on any atom is 0.216 e. The topological polar surface area (TPSA) is 54.1 Å². The van der Waals surface area contributed by atoms with E-state index in [0.717, 1.165) is 10.9 Å². The van der Waals surface area contributed by atoms with Crippen LogP contribution in [0.1, 0.15) is 12.5 Å². The van der Waals surface area contributed by atoms with Crippen LogP contribution in [0.25, 0.3) is 10.9 Å². The van der Waals surface area contributed by atoms with E-state index in [4.69, 9.17) is 39.5 Å². The maximum atomic E-state index is 10.9. The van der Waals surface area contributed by atoms with Crippen molar-refractivity contribution in [3.8, 4) is 5.75 Å². The van der Waals surface area contributed by atoms with Gasteiger partial charge in [-0.2, -0.15) is 0 Å². The molecule has 0 saturated carbocycles. The largest absolute Gasteiger partial charge is 0.494 e. The molecule has 2 aromatic rings. The van der Waals surface area contributed by atoms with E-state index in [9.17, 15) is 4.79 Å². The van der Waals surface area contributed by atoms with Crippen LogP contribution >= 0.6 is 34.8 Å². The van der Waals surface area contributed by atoms with Crippen molar-refractivity contribution in [1.82, 2.24) is 10.3 Å². The van der Waals surface area contributed by atoms with Crippen LogP contribution in [0, 0.1) is 0 Å². The van der Waals surface area contributed by atoms with E-state index in [1.165, 1.54) is 14.0 Å². The molecule has 0 saturated heterocycles. The van der Waals surface area contributed by atoms with Crippen LogP contribution in [0.5, 0.6) is 5.75 Å². The molecule has 7 heteroatoms. The van der Waals surface area contributed by atoms with Crippen LogP contribution < -0.4 is 10.1 Å². The van der Waals surface area contributed by atoms with E-state index >= 15 is 0 Å². The van der Waals surface area contributed by atoms with Gasteiger partial charge < -0.3 is 15.0 Å². The van der Waals surface area contributed by atoms with Gasteiger partial charge in [-0.1, -0.05) is 34.8 Å². The Morgan fingerprint density at radius 3 is 2.60 bits per heavy atom. The molecule has 0 unspecified atom stereocenters. The number of amides is 1. The van der Waals surface area contributed by atoms with Gasteiger partial charge in [0.05, 0.1) is 22.7 Å². The normalized spacial score (nSPS) is 10.8. The fourth-order valence-electron chi connectivity index (χ4n) is 2.06. The molecule has 1 heterocycles. The molecule has 20 heavy (non-hydrogen) atoms. The number of methoxy groups -OCH3 is 1. The number of nitrogens with one attached hydrogen (secondary N) is 2. The number of benzene rings is 1. The molecule has 0 bridgehead atoms. The highest BCUT2D eigenvalue weighted by Gasteiger charge is 2.20. The summed E-state index contributed by atoms with van der Waals surface area (Å²) in [6.07, 6.45) is 2.43. The number of rotatable bonds is 4. The highest BCUT2D eigenvalue weighted by molar-refractivity contribution is 6.49. The van der Waals surface area contributed by atoms with Gasteiger partial charge in [0, 0.05) is 25.1 Å². The number of carbonyl (C=O) groups excluding carboxylic acids is 1. The monoisotopic (exact) mass is 334 g/mol. The van der Waals surface area contributed by atoms with Crippen LogP contribution in [0.2, 0.25) is 15.1 Å². The number of fused-ring (bicyclic) bond motifs is 1. The fourth-order valence-corrected chi connectivity index (χ4v) is 2.99. The van der Waals surface area contributed by atoms with Crippen molar-refractivity contribution in [2.75, 3.05) is 13.7 Å². The first-order valence-corrected chi connectivity index (χ1v) is 7.05. The summed E-state index contributed by atoms with van der Waals surface area (Å²) in [6, 6.07) is 0. The zero-order valence-corrected chi connectivity index (χ0v) is 13.2. The van der Waals surface area contributed by atoms with Crippen molar-refractivity contribution in [3.63, 3.8) is 0 Å². The molecular weight excluding hydrogens is 323 g/mol. The minimum atomic E-state index is -0.0744. The molecule has 0 atom stereocenters. The van der Waals surface area contributed by atoms with Crippen molar-refractivity contribution in [3.05, 3.63) is 26.8 Å². The molecule has 2 rings (SSSR count). The quantitative estimate of drug-likeness (QED) is 0.835. The fraction of sp³-hybridized carbons (Fsp3) is 0.308. The lowest BCUT2D eigenvalue weighted by atomic mass is 10.1. The molecule has 1 aromatic heterocycles. The summed E-state index contributed by atoms with van der Waals surface area (Å²) in [5, 5.41) is 4.56. The standard InChI is InChI=1S/C13H13Cl3N2O2/c1-6(19)17-4-3-7-5-18-12-8(7)9(14)13(20-2)11(16)10(12)15/h5,18H,3-4H2,1-2H3,(H,17,19). The molecule has 0 aliphatic rings. The third-order valence-electron chi connectivity index (χ3n) is 2.96. The van der Waals surface area contributed by atoms with Gasteiger partial charge in [0.1, 0.15) is 5.02 Å². The van der Waals surface area contributed by atoms with Crippen LogP contribution in [-0.4, -0.2) is 24.5 Å². The molecule has 0 aliphatic heterocycles. The Bertz CT molecular complexity index is 667. The summed E-state index contributed by atoms with van der Waals surface area (Å²) < 4.78 is 5.20. The molecule has 0 fully saturated rings. The van der Waals surface area contributed by atoms with Gasteiger partial charge in [-0.3, -0.25) is 4.79 Å². The Kier molecular flexibility index (Phi) is 4.68. The van der Waals surface area contributed by atoms with Crippen LogP contribution in [0.4, 0.5) is 0 Å². The average Bonchev–Trinajstić information content (AvgIpc) is 2.81. The number of hydrogen-bond donors (Lipinski definition) is 2. The van der Waals surface area contributed by atoms with Gasteiger partial charge in [-0.15, -0.1) is 0 Å². The lowest BCUT2D eigenvalue weighted by Gasteiger charge is -2.10. The van der Waals surface area contributed by atoms with E-state index in [0.29, 0.717) is 34.3 Å². The number of aromatic nitrogens is 1. The van der Waals surface area contributed by atoms with Gasteiger partial charge in [0.15, 0.2) is 5.75 Å². The van der Waals surface area contributed by atoms with Crippen molar-refractivity contribution in [2.24, 2.45) is 0 Å². The summed E-state index contributed by atoms with van der Waals surface area (Å²) in [5.74, 6) is 0.279. The number of halogens is 3. The molecule has 0 aliphatic carbocycles. The van der Waals surface area contributed by atoms with Gasteiger partial charge in [0.25, 0.3) is 0 Å². The maximum absolute atomic E-state index is 10.9. The third kappa shape index (κ3) is 2.68. The Morgan fingerprint density at radius 1 is 1.30 bits per heavy atom. The van der Waals surface area contributed by atoms with E-state index in [1.807, 2.05) is 0 Å². The van der Waals surface area contributed by atoms with Crippen LogP contribution in [-0.2, 0) is 11.2 Å². The molecule has 1 amide bonds. The second-order valence-electron chi connectivity index (χ2n) is 4.27. The first-order valence-electron chi connectivity index (χ1n) is 5.92. The van der Waals surface area contributed by atoms with E-state index in [2.05, 4.69) is 10.3 Å². The second kappa shape index (κ2) is 6.12. The Balaban J connectivity index is 2.48. The highest BCUT2D eigenvalue weighted by atomic mass is 35.5. The van der Waals surface area contributed by atoms with Gasteiger partial charge >= 0.3 is 0 Å². The second-order valence-corrected chi connectivity index (χ2v) is 5.41. The van der Waals surface area contributed by atoms with Crippen molar-refractivity contribution >= 4 is 51.6 Å². The van der Waals surface area contributed by atoms with Gasteiger partial charge in [-0.25, -0.2) is 0 Å². The first kappa shape index (κ1) is 15.3. The first-order chi connectivity index (χ1) is 9.47. The van der Waals surface area contributed by atoms with Crippen LogP contribution in [0.15, 0.2) is 6.20 Å². The zero-order valence-electron chi connectivity index (χ0n) is 10.9. The summed E-state index contributed by atoms with van der Waals surface area (Å²) in [7, 11) is 1.49. The number of ether oxygens (including phenoxy) is 1. The van der Waals surface area contributed by atoms with E-state index in [1.54, 1.807) is 6.20 Å². The molecule has 4 nitrogen and oxygen atoms in total. The van der Waals surface area contributed by atoms with Crippen LogP contribution in [0.3, 0.4) is 0 Å². The summed E-state index contributed by atoms with van der Waals surface area (Å²) in [4.78, 5) is 14.0. The Morgan fingerprint density at radius 2 is 2.00 bits per heavy atom. The number of hydrogen-bond acceptors (Lipinski definition) is 2. The van der Waals surface area contributed by atoms with Crippen molar-refractivity contribution < 1.29 is 9.53 Å². The molecule has 108 valence electrons. The molecule has 0 spiro atoms. The molecule has 2 N–H and O–H groups in total. The smallest absolute Gasteiger partial charge is 0.216 e. The number of H-pyrrole nitrogens is 1. The zero-order chi connectivity index (χ0) is 14.9. The Labute approximate surface area is 131 Å². The molecule has 0 radical (unpaired) electrons. The van der Waals surface area contributed by atoms with Gasteiger partial charge in [0.2, 0.25) is 5.91 Å². The summed E-state index contributed by atoms with van der Waals surface area (Å²) in [6.45, 7) is 1.99. The highest BCUT2D eigenvalue weighted by Crippen LogP contribution is 2.45. The summed E-state index contributed by atoms with van der Waals surface area (Å²) in [5.41, 5.74) is 1.61. The lowest BCUT2D eigenvalue weighted by Crippen LogP contribution is -2.22. The van der Waals surface area contributed by atoms with E-state index < -0.39 is 0 Å². The molecular formula is C13H13Cl3N2O2.